The molecule has 0 heterocycles. The molecule has 0 aliphatic carbocycles. The minimum atomic E-state index is -0.832. The van der Waals surface area contributed by atoms with Gasteiger partial charge in [-0.25, -0.2) is 0 Å². The first kappa shape index (κ1) is 43.1. The Bertz CT molecular complexity index is 593. The van der Waals surface area contributed by atoms with Crippen LogP contribution in [0, 0.1) is 0 Å². The van der Waals surface area contributed by atoms with Gasteiger partial charge in [-0.1, -0.05) is 206 Å². The van der Waals surface area contributed by atoms with Crippen LogP contribution in [0.2, 0.25) is 0 Å². The lowest BCUT2D eigenvalue weighted by atomic mass is 10.0. The van der Waals surface area contributed by atoms with E-state index in [0.717, 1.165) is 25.7 Å². The predicted octanol–water partition coefficient (Wildman–Crippen LogP) is 11.9. The number of nitrogens with one attached hydrogen (secondary N) is 1. The fraction of sp³-hybridized carbons (Fsp3) is 0.925. The lowest BCUT2D eigenvalue weighted by Crippen LogP contribution is -2.45. The smallest absolute Gasteiger partial charge is 0.220 e. The summed E-state index contributed by atoms with van der Waals surface area (Å²) < 4.78 is 0. The second-order valence-electron chi connectivity index (χ2n) is 13.7. The Labute approximate surface area is 276 Å². The molecular weight excluding hydrogens is 542 g/mol. The van der Waals surface area contributed by atoms with Crippen LogP contribution in [0.25, 0.3) is 0 Å². The van der Waals surface area contributed by atoms with Crippen molar-refractivity contribution < 1.29 is 15.0 Å². The van der Waals surface area contributed by atoms with Gasteiger partial charge in [-0.15, -0.1) is 0 Å². The van der Waals surface area contributed by atoms with Crippen molar-refractivity contribution in [2.75, 3.05) is 6.61 Å². The number of aliphatic hydroxyl groups is 2. The number of rotatable bonds is 36. The Morgan fingerprint density at radius 3 is 1.18 bits per heavy atom. The summed E-state index contributed by atoms with van der Waals surface area (Å²) >= 11 is 0. The summed E-state index contributed by atoms with van der Waals surface area (Å²) in [6, 6.07) is -0.614. The number of hydrogen-bond donors (Lipinski definition) is 3. The Kier molecular flexibility index (Phi) is 35.9. The number of hydrogen-bond acceptors (Lipinski definition) is 3. The Morgan fingerprint density at radius 1 is 0.523 bits per heavy atom. The van der Waals surface area contributed by atoms with Crippen molar-refractivity contribution in [2.24, 2.45) is 0 Å². The van der Waals surface area contributed by atoms with E-state index in [1.54, 1.807) is 6.08 Å². The molecule has 2 atom stereocenters. The average Bonchev–Trinajstić information content (AvgIpc) is 3.03. The average molecular weight is 622 g/mol. The normalized spacial score (nSPS) is 13.1. The van der Waals surface area contributed by atoms with E-state index in [-0.39, 0.29) is 12.5 Å². The topological polar surface area (TPSA) is 69.6 Å². The van der Waals surface area contributed by atoms with Gasteiger partial charge in [-0.2, -0.15) is 0 Å². The summed E-state index contributed by atoms with van der Waals surface area (Å²) in [6.45, 7) is 4.30. The molecule has 0 spiro atoms. The molecule has 0 aromatic rings. The van der Waals surface area contributed by atoms with Gasteiger partial charge in [-0.3, -0.25) is 4.79 Å². The van der Waals surface area contributed by atoms with Crippen LogP contribution in [0.4, 0.5) is 0 Å². The summed E-state index contributed by atoms with van der Waals surface area (Å²) in [5.74, 6) is -0.0647. The zero-order valence-corrected chi connectivity index (χ0v) is 29.9. The zero-order valence-electron chi connectivity index (χ0n) is 29.9. The van der Waals surface area contributed by atoms with E-state index in [1.165, 1.54) is 173 Å². The van der Waals surface area contributed by atoms with Crippen LogP contribution in [0.3, 0.4) is 0 Å². The van der Waals surface area contributed by atoms with Gasteiger partial charge in [0.25, 0.3) is 0 Å². The molecule has 4 heteroatoms. The SMILES string of the molecule is CCCCCCCCCCCCCCCCCCCCCC/C=C/C(O)C(CO)NC(=O)CCCCCCCCCCCC. The van der Waals surface area contributed by atoms with Gasteiger partial charge in [0.1, 0.15) is 0 Å². The predicted molar refractivity (Wildman–Crippen MR) is 193 cm³/mol. The maximum Gasteiger partial charge on any atom is 0.220 e. The number of allylic oxidation sites excluding steroid dienone is 1. The molecule has 0 fully saturated rings. The van der Waals surface area contributed by atoms with E-state index >= 15 is 0 Å². The fourth-order valence-electron chi connectivity index (χ4n) is 6.18. The number of amides is 1. The molecule has 3 N–H and O–H groups in total. The standard InChI is InChI=1S/C40H79NO3/c1-3-5-7-9-11-13-15-16-17-18-19-20-21-22-23-24-25-26-27-29-31-33-35-39(43)38(37-42)41-40(44)36-34-32-30-28-14-12-10-8-6-4-2/h33,35,38-39,42-43H,3-32,34,36-37H2,1-2H3,(H,41,44)/b35-33+. The third-order valence-electron chi connectivity index (χ3n) is 9.27. The Balaban J connectivity index is 3.51. The van der Waals surface area contributed by atoms with E-state index in [2.05, 4.69) is 19.2 Å². The maximum absolute atomic E-state index is 12.3. The van der Waals surface area contributed by atoms with Crippen molar-refractivity contribution in [3.8, 4) is 0 Å². The molecule has 0 aliphatic heterocycles. The van der Waals surface area contributed by atoms with E-state index in [0.29, 0.717) is 6.42 Å². The number of carbonyl (C=O) groups is 1. The molecule has 0 saturated heterocycles. The van der Waals surface area contributed by atoms with E-state index in [1.807, 2.05) is 6.08 Å². The zero-order chi connectivity index (χ0) is 32.2. The molecule has 2 unspecified atom stereocenters. The van der Waals surface area contributed by atoms with Crippen LogP contribution in [0.15, 0.2) is 12.2 Å². The van der Waals surface area contributed by atoms with Gasteiger partial charge in [0.2, 0.25) is 5.91 Å². The Morgan fingerprint density at radius 2 is 0.841 bits per heavy atom. The summed E-state index contributed by atoms with van der Waals surface area (Å²) in [6.07, 6.45) is 44.6. The first-order valence-electron chi connectivity index (χ1n) is 19.9. The van der Waals surface area contributed by atoms with Gasteiger partial charge in [0.05, 0.1) is 18.8 Å². The van der Waals surface area contributed by atoms with E-state index in [9.17, 15) is 15.0 Å². The van der Waals surface area contributed by atoms with Gasteiger partial charge in [0.15, 0.2) is 0 Å². The minimum Gasteiger partial charge on any atom is -0.394 e. The first-order valence-corrected chi connectivity index (χ1v) is 19.9. The highest BCUT2D eigenvalue weighted by molar-refractivity contribution is 5.76. The highest BCUT2D eigenvalue weighted by Gasteiger charge is 2.17. The molecule has 0 rings (SSSR count). The summed E-state index contributed by atoms with van der Waals surface area (Å²) in [4.78, 5) is 12.3. The minimum absolute atomic E-state index is 0.0647. The summed E-state index contributed by atoms with van der Waals surface area (Å²) in [5.41, 5.74) is 0. The largest absolute Gasteiger partial charge is 0.394 e. The molecular formula is C40H79NO3. The molecule has 0 aromatic carbocycles. The van der Waals surface area contributed by atoms with Crippen molar-refractivity contribution in [1.29, 1.82) is 0 Å². The monoisotopic (exact) mass is 622 g/mol. The van der Waals surface area contributed by atoms with Crippen LogP contribution in [0.1, 0.15) is 219 Å². The first-order chi connectivity index (χ1) is 21.7. The van der Waals surface area contributed by atoms with E-state index < -0.39 is 12.1 Å². The van der Waals surface area contributed by atoms with Gasteiger partial charge >= 0.3 is 0 Å². The Hall–Kier alpha value is -0.870. The van der Waals surface area contributed by atoms with Crippen molar-refractivity contribution in [2.45, 2.75) is 231 Å². The van der Waals surface area contributed by atoms with Crippen LogP contribution >= 0.6 is 0 Å². The van der Waals surface area contributed by atoms with Crippen molar-refractivity contribution >= 4 is 5.91 Å². The van der Waals surface area contributed by atoms with Crippen molar-refractivity contribution in [3.05, 3.63) is 12.2 Å². The van der Waals surface area contributed by atoms with Gasteiger partial charge in [0, 0.05) is 6.42 Å². The number of carbonyl (C=O) groups excluding carboxylic acids is 1. The van der Waals surface area contributed by atoms with E-state index in [4.69, 9.17) is 0 Å². The van der Waals surface area contributed by atoms with Crippen LogP contribution in [-0.4, -0.2) is 34.9 Å². The third kappa shape index (κ3) is 32.5. The lowest BCUT2D eigenvalue weighted by Gasteiger charge is -2.20. The van der Waals surface area contributed by atoms with Gasteiger partial charge < -0.3 is 15.5 Å². The molecule has 0 radical (unpaired) electrons. The second-order valence-corrected chi connectivity index (χ2v) is 13.7. The van der Waals surface area contributed by atoms with Crippen molar-refractivity contribution in [1.82, 2.24) is 5.32 Å². The molecule has 4 nitrogen and oxygen atoms in total. The highest BCUT2D eigenvalue weighted by atomic mass is 16.3. The van der Waals surface area contributed by atoms with Crippen LogP contribution in [-0.2, 0) is 4.79 Å². The highest BCUT2D eigenvalue weighted by Crippen LogP contribution is 2.15. The summed E-state index contributed by atoms with van der Waals surface area (Å²) in [7, 11) is 0. The molecule has 44 heavy (non-hydrogen) atoms. The third-order valence-corrected chi connectivity index (χ3v) is 9.27. The summed E-state index contributed by atoms with van der Waals surface area (Å²) in [5, 5.41) is 22.9. The molecule has 0 aromatic heterocycles. The lowest BCUT2D eigenvalue weighted by molar-refractivity contribution is -0.123. The molecule has 1 amide bonds. The quantitative estimate of drug-likeness (QED) is 0.0481. The van der Waals surface area contributed by atoms with Crippen LogP contribution in [0.5, 0.6) is 0 Å². The molecule has 0 aliphatic rings. The molecule has 0 bridgehead atoms. The molecule has 0 saturated carbocycles. The fourth-order valence-corrected chi connectivity index (χ4v) is 6.18. The number of aliphatic hydroxyl groups excluding tert-OH is 2. The second kappa shape index (κ2) is 36.6. The maximum atomic E-state index is 12.3. The molecule has 262 valence electrons. The number of unbranched alkanes of at least 4 members (excludes halogenated alkanes) is 29. The van der Waals surface area contributed by atoms with Gasteiger partial charge in [-0.05, 0) is 19.3 Å². The van der Waals surface area contributed by atoms with Crippen molar-refractivity contribution in [3.63, 3.8) is 0 Å². The van der Waals surface area contributed by atoms with Crippen LogP contribution < -0.4 is 5.32 Å².